The van der Waals surface area contributed by atoms with Crippen molar-refractivity contribution in [3.63, 3.8) is 0 Å². The second kappa shape index (κ2) is 13.9. The summed E-state index contributed by atoms with van der Waals surface area (Å²) in [5, 5.41) is 3.62. The zero-order valence-corrected chi connectivity index (χ0v) is 23.6. The highest BCUT2D eigenvalue weighted by molar-refractivity contribution is 7.92. The topological polar surface area (TPSA) is 86.8 Å². The molecule has 2 aromatic rings. The molecule has 1 aliphatic carbocycles. The monoisotopic (exact) mass is 565 g/mol. The van der Waals surface area contributed by atoms with Gasteiger partial charge in [-0.3, -0.25) is 13.9 Å². The number of nitrogens with one attached hydrogen (secondary N) is 1. The summed E-state index contributed by atoms with van der Waals surface area (Å²) in [5.74, 6) is -0.824. The normalized spacial score (nSPS) is 15.1. The maximum Gasteiger partial charge on any atom is 0.243 e. The van der Waals surface area contributed by atoms with Gasteiger partial charge >= 0.3 is 0 Å². The van der Waals surface area contributed by atoms with Crippen molar-refractivity contribution in [3.8, 4) is 0 Å². The van der Waals surface area contributed by atoms with Crippen LogP contribution in [0.3, 0.4) is 0 Å². The van der Waals surface area contributed by atoms with Crippen LogP contribution in [0.1, 0.15) is 63.9 Å². The Labute approximate surface area is 230 Å². The highest BCUT2D eigenvalue weighted by atomic mass is 35.5. The number of benzene rings is 2. The van der Waals surface area contributed by atoms with Gasteiger partial charge in [0.15, 0.2) is 0 Å². The van der Waals surface area contributed by atoms with Crippen molar-refractivity contribution in [2.45, 2.75) is 76.9 Å². The van der Waals surface area contributed by atoms with Crippen LogP contribution in [0.5, 0.6) is 0 Å². The van der Waals surface area contributed by atoms with Crippen LogP contribution in [0, 0.1) is 5.82 Å². The Morgan fingerprint density at radius 2 is 1.68 bits per heavy atom. The summed E-state index contributed by atoms with van der Waals surface area (Å²) >= 11 is 5.95. The first-order valence-electron chi connectivity index (χ1n) is 13.2. The van der Waals surface area contributed by atoms with Crippen LogP contribution in [0.4, 0.5) is 10.1 Å². The Kier molecular flexibility index (Phi) is 11.0. The summed E-state index contributed by atoms with van der Waals surface area (Å²) in [6.07, 6.45) is 7.02. The smallest absolute Gasteiger partial charge is 0.243 e. The molecule has 1 N–H and O–H groups in total. The minimum Gasteiger partial charge on any atom is -0.352 e. The third-order valence-corrected chi connectivity index (χ3v) is 8.32. The Morgan fingerprint density at radius 1 is 1.05 bits per heavy atom. The molecule has 0 heterocycles. The van der Waals surface area contributed by atoms with E-state index in [2.05, 4.69) is 5.32 Å². The third kappa shape index (κ3) is 8.70. The molecule has 2 aromatic carbocycles. The molecular formula is C28H37ClFN3O4S. The molecule has 0 saturated heterocycles. The number of carbonyl (C=O) groups is 2. The average molecular weight is 566 g/mol. The molecule has 38 heavy (non-hydrogen) atoms. The first-order chi connectivity index (χ1) is 18.1. The van der Waals surface area contributed by atoms with Crippen molar-refractivity contribution in [1.82, 2.24) is 10.2 Å². The van der Waals surface area contributed by atoms with Crippen LogP contribution in [-0.4, -0.2) is 50.0 Å². The Balaban J connectivity index is 1.74. The number of anilines is 1. The maximum atomic E-state index is 13.5. The number of nitrogens with zero attached hydrogens (tertiary/aromatic N) is 2. The summed E-state index contributed by atoms with van der Waals surface area (Å²) in [4.78, 5) is 28.3. The van der Waals surface area contributed by atoms with E-state index in [4.69, 9.17) is 11.6 Å². The SMILES string of the molecule is CCC(C(=O)NC1CCCCC1)N(Cc1ccc(F)cc1)C(=O)CCCN(c1ccc(Cl)cc1)S(C)(=O)=O. The van der Waals surface area contributed by atoms with Crippen LogP contribution in [0.25, 0.3) is 0 Å². The molecule has 1 unspecified atom stereocenters. The first-order valence-corrected chi connectivity index (χ1v) is 15.4. The van der Waals surface area contributed by atoms with Gasteiger partial charge < -0.3 is 10.2 Å². The molecule has 1 fully saturated rings. The minimum atomic E-state index is -3.59. The van der Waals surface area contributed by atoms with Crippen molar-refractivity contribution in [2.75, 3.05) is 17.1 Å². The predicted molar refractivity (Wildman–Crippen MR) is 149 cm³/mol. The van der Waals surface area contributed by atoms with Gasteiger partial charge in [-0.15, -0.1) is 0 Å². The van der Waals surface area contributed by atoms with Crippen molar-refractivity contribution in [2.24, 2.45) is 0 Å². The van der Waals surface area contributed by atoms with Gasteiger partial charge in [-0.2, -0.15) is 0 Å². The lowest BCUT2D eigenvalue weighted by Gasteiger charge is -2.33. The number of amides is 2. The van der Waals surface area contributed by atoms with E-state index >= 15 is 0 Å². The van der Waals surface area contributed by atoms with Crippen molar-refractivity contribution >= 4 is 39.1 Å². The number of rotatable bonds is 12. The highest BCUT2D eigenvalue weighted by Crippen LogP contribution is 2.22. The number of halogens is 2. The van der Waals surface area contributed by atoms with Gasteiger partial charge in [-0.25, -0.2) is 12.8 Å². The molecule has 0 bridgehead atoms. The molecule has 0 aliphatic heterocycles. The lowest BCUT2D eigenvalue weighted by Crippen LogP contribution is -2.51. The van der Waals surface area contributed by atoms with E-state index in [9.17, 15) is 22.4 Å². The molecule has 1 atom stereocenters. The van der Waals surface area contributed by atoms with Gasteiger partial charge in [0.2, 0.25) is 21.8 Å². The standard InChI is InChI=1S/C28H37ClFN3O4S/c1-3-26(28(35)31-24-8-5-4-6-9-24)32(20-21-11-15-23(30)16-12-21)27(34)10-7-19-33(38(2,36)37)25-17-13-22(29)14-18-25/h11-18,24,26H,3-10,19-20H2,1-2H3,(H,31,35). The third-order valence-electron chi connectivity index (χ3n) is 6.87. The van der Waals surface area contributed by atoms with Crippen LogP contribution >= 0.6 is 11.6 Å². The van der Waals surface area contributed by atoms with Crippen molar-refractivity contribution < 1.29 is 22.4 Å². The molecule has 0 aromatic heterocycles. The van der Waals surface area contributed by atoms with E-state index in [-0.39, 0.29) is 49.6 Å². The molecule has 10 heteroatoms. The number of hydrogen-bond acceptors (Lipinski definition) is 4. The largest absolute Gasteiger partial charge is 0.352 e. The molecule has 2 amide bonds. The fourth-order valence-corrected chi connectivity index (χ4v) is 5.95. The summed E-state index contributed by atoms with van der Waals surface area (Å²) in [6, 6.07) is 11.8. The lowest BCUT2D eigenvalue weighted by atomic mass is 9.95. The Morgan fingerprint density at radius 3 is 2.26 bits per heavy atom. The van der Waals surface area contributed by atoms with Gasteiger partial charge in [0, 0.05) is 30.6 Å². The molecule has 1 aliphatic rings. The zero-order valence-electron chi connectivity index (χ0n) is 22.0. The number of hydrogen-bond donors (Lipinski definition) is 1. The van der Waals surface area contributed by atoms with E-state index in [1.807, 2.05) is 6.92 Å². The van der Waals surface area contributed by atoms with E-state index in [1.165, 1.54) is 22.9 Å². The maximum absolute atomic E-state index is 13.5. The highest BCUT2D eigenvalue weighted by Gasteiger charge is 2.30. The fourth-order valence-electron chi connectivity index (χ4n) is 4.86. The van der Waals surface area contributed by atoms with Crippen LogP contribution in [0.15, 0.2) is 48.5 Å². The molecule has 3 rings (SSSR count). The summed E-state index contributed by atoms with van der Waals surface area (Å²) in [6.45, 7) is 2.12. The van der Waals surface area contributed by atoms with E-state index in [0.717, 1.165) is 31.9 Å². The quantitative estimate of drug-likeness (QED) is 0.379. The fraction of sp³-hybridized carbons (Fsp3) is 0.500. The summed E-state index contributed by atoms with van der Waals surface area (Å²) in [7, 11) is -3.59. The molecule has 1 saturated carbocycles. The number of carbonyl (C=O) groups excluding carboxylic acids is 2. The van der Waals surface area contributed by atoms with Gasteiger partial charge in [-0.1, -0.05) is 49.9 Å². The molecular weight excluding hydrogens is 529 g/mol. The molecule has 208 valence electrons. The number of sulfonamides is 1. The zero-order chi connectivity index (χ0) is 27.7. The average Bonchev–Trinajstić information content (AvgIpc) is 2.88. The van der Waals surface area contributed by atoms with Gasteiger partial charge in [0.1, 0.15) is 11.9 Å². The molecule has 7 nitrogen and oxygen atoms in total. The lowest BCUT2D eigenvalue weighted by molar-refractivity contribution is -0.141. The van der Waals surface area contributed by atoms with Crippen molar-refractivity contribution in [1.29, 1.82) is 0 Å². The van der Waals surface area contributed by atoms with Crippen LogP contribution in [0.2, 0.25) is 5.02 Å². The van der Waals surface area contributed by atoms with E-state index in [0.29, 0.717) is 22.7 Å². The van der Waals surface area contributed by atoms with Gasteiger partial charge in [-0.05, 0) is 67.6 Å². The van der Waals surface area contributed by atoms with Crippen LogP contribution in [-0.2, 0) is 26.2 Å². The summed E-state index contributed by atoms with van der Waals surface area (Å²) in [5.41, 5.74) is 1.17. The second-order valence-corrected chi connectivity index (χ2v) is 12.2. The predicted octanol–water partition coefficient (Wildman–Crippen LogP) is 5.28. The molecule has 0 spiro atoms. The van der Waals surface area contributed by atoms with Crippen LogP contribution < -0.4 is 9.62 Å². The Bertz CT molecular complexity index is 1170. The minimum absolute atomic E-state index is 0.0496. The van der Waals surface area contributed by atoms with Crippen molar-refractivity contribution in [3.05, 3.63) is 64.9 Å². The Hall–Kier alpha value is -2.65. The van der Waals surface area contributed by atoms with Gasteiger partial charge in [0.25, 0.3) is 0 Å². The van der Waals surface area contributed by atoms with E-state index in [1.54, 1.807) is 41.3 Å². The van der Waals surface area contributed by atoms with Gasteiger partial charge in [0.05, 0.1) is 11.9 Å². The van der Waals surface area contributed by atoms with E-state index < -0.39 is 16.1 Å². The summed E-state index contributed by atoms with van der Waals surface area (Å²) < 4.78 is 39.6. The molecule has 0 radical (unpaired) electrons. The second-order valence-electron chi connectivity index (χ2n) is 9.83. The first kappa shape index (κ1) is 29.9.